The molecule has 1 atom stereocenters. The Kier molecular flexibility index (Phi) is 3.49. The van der Waals surface area contributed by atoms with Crippen molar-refractivity contribution in [2.75, 3.05) is 18.8 Å². The molecular formula is C12H17NS. The zero-order valence-electron chi connectivity index (χ0n) is 8.37. The van der Waals surface area contributed by atoms with E-state index >= 15 is 0 Å². The number of hydrogen-bond donors (Lipinski definition) is 2. The summed E-state index contributed by atoms with van der Waals surface area (Å²) in [6, 6.07) is 8.96. The number of rotatable bonds is 3. The third kappa shape index (κ3) is 2.31. The highest BCUT2D eigenvalue weighted by atomic mass is 32.1. The van der Waals surface area contributed by atoms with E-state index in [1.165, 1.54) is 24.1 Å². The fraction of sp³-hybridized carbons (Fsp3) is 0.500. The average molecular weight is 207 g/mol. The van der Waals surface area contributed by atoms with Gasteiger partial charge < -0.3 is 5.32 Å². The summed E-state index contributed by atoms with van der Waals surface area (Å²) < 4.78 is 0. The van der Waals surface area contributed by atoms with Gasteiger partial charge in [-0.3, -0.25) is 0 Å². The fourth-order valence-electron chi connectivity index (χ4n) is 2.07. The van der Waals surface area contributed by atoms with Crippen LogP contribution in [0.4, 0.5) is 0 Å². The molecule has 76 valence electrons. The van der Waals surface area contributed by atoms with Crippen molar-refractivity contribution in [1.29, 1.82) is 0 Å². The Morgan fingerprint density at radius 2 is 2.36 bits per heavy atom. The minimum atomic E-state index is 0.731. The predicted octanol–water partition coefficient (Wildman–Crippen LogP) is 2.24. The van der Waals surface area contributed by atoms with Crippen LogP contribution in [0, 0.1) is 0 Å². The molecule has 0 saturated carbocycles. The molecule has 0 aromatic heterocycles. The smallest absolute Gasteiger partial charge is 0.00206 e. The van der Waals surface area contributed by atoms with E-state index in [2.05, 4.69) is 42.2 Å². The summed E-state index contributed by atoms with van der Waals surface area (Å²) in [5.41, 5.74) is 2.92. The fourth-order valence-corrected chi connectivity index (χ4v) is 2.33. The molecule has 0 radical (unpaired) electrons. The van der Waals surface area contributed by atoms with Crippen LogP contribution in [0.5, 0.6) is 0 Å². The van der Waals surface area contributed by atoms with Gasteiger partial charge in [-0.15, -0.1) is 0 Å². The third-order valence-electron chi connectivity index (χ3n) is 2.88. The first kappa shape index (κ1) is 10.1. The standard InChI is InChI=1S/C12H17NS/c14-7-5-10-2-1-3-11(8-10)12-4-6-13-9-12/h1-3,8,12-14H,4-7,9H2. The molecule has 1 aliphatic heterocycles. The minimum absolute atomic E-state index is 0.731. The summed E-state index contributed by atoms with van der Waals surface area (Å²) in [6.45, 7) is 2.31. The van der Waals surface area contributed by atoms with Crippen molar-refractivity contribution in [3.63, 3.8) is 0 Å². The molecule has 0 spiro atoms. The van der Waals surface area contributed by atoms with Crippen LogP contribution < -0.4 is 5.32 Å². The molecule has 0 amide bonds. The highest BCUT2D eigenvalue weighted by Crippen LogP contribution is 2.23. The maximum absolute atomic E-state index is 4.26. The van der Waals surface area contributed by atoms with Crippen molar-refractivity contribution < 1.29 is 0 Å². The van der Waals surface area contributed by atoms with Crippen molar-refractivity contribution in [1.82, 2.24) is 5.32 Å². The SMILES string of the molecule is SCCc1cccc(C2CCNC2)c1. The molecule has 1 N–H and O–H groups in total. The topological polar surface area (TPSA) is 12.0 Å². The van der Waals surface area contributed by atoms with E-state index in [0.717, 1.165) is 24.6 Å². The van der Waals surface area contributed by atoms with Crippen molar-refractivity contribution in [2.24, 2.45) is 0 Å². The lowest BCUT2D eigenvalue weighted by atomic mass is 9.96. The zero-order valence-corrected chi connectivity index (χ0v) is 9.26. The van der Waals surface area contributed by atoms with Crippen LogP contribution in [0.15, 0.2) is 24.3 Å². The summed E-state index contributed by atoms with van der Waals surface area (Å²) in [5, 5.41) is 3.41. The number of hydrogen-bond acceptors (Lipinski definition) is 2. The molecule has 1 saturated heterocycles. The van der Waals surface area contributed by atoms with Crippen LogP contribution in [-0.4, -0.2) is 18.8 Å². The van der Waals surface area contributed by atoms with Crippen LogP contribution >= 0.6 is 12.6 Å². The summed E-state index contributed by atoms with van der Waals surface area (Å²) >= 11 is 4.26. The van der Waals surface area contributed by atoms with Gasteiger partial charge in [0.2, 0.25) is 0 Å². The lowest BCUT2D eigenvalue weighted by Gasteiger charge is -2.10. The Hall–Kier alpha value is -0.470. The Bertz CT molecular complexity index is 292. The van der Waals surface area contributed by atoms with Gasteiger partial charge in [-0.25, -0.2) is 0 Å². The van der Waals surface area contributed by atoms with E-state index in [-0.39, 0.29) is 0 Å². The van der Waals surface area contributed by atoms with Gasteiger partial charge >= 0.3 is 0 Å². The summed E-state index contributed by atoms with van der Waals surface area (Å²) in [4.78, 5) is 0. The molecule has 1 unspecified atom stereocenters. The molecule has 1 nitrogen and oxygen atoms in total. The molecule has 1 aromatic rings. The number of aryl methyl sites for hydroxylation is 1. The van der Waals surface area contributed by atoms with Crippen molar-refractivity contribution >= 4 is 12.6 Å². The molecule has 1 heterocycles. The van der Waals surface area contributed by atoms with Gasteiger partial charge in [-0.1, -0.05) is 24.3 Å². The Labute approximate surface area is 91.3 Å². The largest absolute Gasteiger partial charge is 0.316 e. The first-order chi connectivity index (χ1) is 6.90. The Balaban J connectivity index is 2.12. The quantitative estimate of drug-likeness (QED) is 0.724. The summed E-state index contributed by atoms with van der Waals surface area (Å²) in [6.07, 6.45) is 2.36. The van der Waals surface area contributed by atoms with Crippen molar-refractivity contribution in [2.45, 2.75) is 18.8 Å². The number of thiol groups is 1. The molecule has 1 fully saturated rings. The van der Waals surface area contributed by atoms with Crippen LogP contribution in [0.1, 0.15) is 23.5 Å². The van der Waals surface area contributed by atoms with E-state index in [1.807, 2.05) is 0 Å². The van der Waals surface area contributed by atoms with Crippen LogP contribution in [-0.2, 0) is 6.42 Å². The normalized spacial score (nSPS) is 21.4. The van der Waals surface area contributed by atoms with Gasteiger partial charge in [-0.2, -0.15) is 12.6 Å². The maximum atomic E-state index is 4.26. The van der Waals surface area contributed by atoms with Crippen LogP contribution in [0.3, 0.4) is 0 Å². The molecule has 0 aliphatic carbocycles. The number of benzene rings is 1. The third-order valence-corrected chi connectivity index (χ3v) is 3.11. The first-order valence-electron chi connectivity index (χ1n) is 5.30. The van der Waals surface area contributed by atoms with Crippen LogP contribution in [0.2, 0.25) is 0 Å². The molecular weight excluding hydrogens is 190 g/mol. The Morgan fingerprint density at radius 1 is 1.43 bits per heavy atom. The van der Waals surface area contributed by atoms with E-state index in [0.29, 0.717) is 0 Å². The monoisotopic (exact) mass is 207 g/mol. The average Bonchev–Trinajstić information content (AvgIpc) is 2.71. The lowest BCUT2D eigenvalue weighted by Crippen LogP contribution is -2.08. The summed E-state index contributed by atoms with van der Waals surface area (Å²) in [5.74, 6) is 1.67. The molecule has 1 aliphatic rings. The highest BCUT2D eigenvalue weighted by molar-refractivity contribution is 7.80. The van der Waals surface area contributed by atoms with E-state index in [9.17, 15) is 0 Å². The Morgan fingerprint density at radius 3 is 3.07 bits per heavy atom. The second-order valence-electron chi connectivity index (χ2n) is 3.91. The minimum Gasteiger partial charge on any atom is -0.316 e. The van der Waals surface area contributed by atoms with Gasteiger partial charge in [0.1, 0.15) is 0 Å². The van der Waals surface area contributed by atoms with Gasteiger partial charge in [0.15, 0.2) is 0 Å². The molecule has 0 bridgehead atoms. The molecule has 1 aromatic carbocycles. The van der Waals surface area contributed by atoms with Crippen LogP contribution in [0.25, 0.3) is 0 Å². The van der Waals surface area contributed by atoms with E-state index < -0.39 is 0 Å². The van der Waals surface area contributed by atoms with E-state index in [1.54, 1.807) is 0 Å². The zero-order chi connectivity index (χ0) is 9.80. The van der Waals surface area contributed by atoms with Gasteiger partial charge in [-0.05, 0) is 42.2 Å². The lowest BCUT2D eigenvalue weighted by molar-refractivity contribution is 0.762. The van der Waals surface area contributed by atoms with Gasteiger partial charge in [0, 0.05) is 6.54 Å². The van der Waals surface area contributed by atoms with Gasteiger partial charge in [0.25, 0.3) is 0 Å². The van der Waals surface area contributed by atoms with Crippen molar-refractivity contribution in [3.8, 4) is 0 Å². The van der Waals surface area contributed by atoms with Gasteiger partial charge in [0.05, 0.1) is 0 Å². The van der Waals surface area contributed by atoms with E-state index in [4.69, 9.17) is 0 Å². The summed E-state index contributed by atoms with van der Waals surface area (Å²) in [7, 11) is 0. The molecule has 2 rings (SSSR count). The predicted molar refractivity (Wildman–Crippen MR) is 64.2 cm³/mol. The maximum Gasteiger partial charge on any atom is 0.00206 e. The molecule has 14 heavy (non-hydrogen) atoms. The van der Waals surface area contributed by atoms with Crippen molar-refractivity contribution in [3.05, 3.63) is 35.4 Å². The number of nitrogens with one attached hydrogen (secondary N) is 1. The first-order valence-corrected chi connectivity index (χ1v) is 5.94. The highest BCUT2D eigenvalue weighted by Gasteiger charge is 2.16. The second kappa shape index (κ2) is 4.85. The second-order valence-corrected chi connectivity index (χ2v) is 4.36. The molecule has 2 heteroatoms.